The van der Waals surface area contributed by atoms with E-state index in [0.29, 0.717) is 6.54 Å². The first-order chi connectivity index (χ1) is 9.65. The standard InChI is InChI=1S/C15H11BrN2O2/c16-12-7-13(15(19)20)18(9-12)8-11-4-1-3-10-5-2-6-17-14(10)11/h1-7,9H,8H2,(H,19,20). The van der Waals surface area contributed by atoms with Crippen molar-refractivity contribution < 1.29 is 9.90 Å². The summed E-state index contributed by atoms with van der Waals surface area (Å²) in [5.74, 6) is -0.941. The minimum absolute atomic E-state index is 0.254. The van der Waals surface area contributed by atoms with Gasteiger partial charge in [-0.25, -0.2) is 4.79 Å². The van der Waals surface area contributed by atoms with Gasteiger partial charge in [-0.15, -0.1) is 0 Å². The Morgan fingerprint density at radius 1 is 1.30 bits per heavy atom. The summed E-state index contributed by atoms with van der Waals surface area (Å²) in [7, 11) is 0. The van der Waals surface area contributed by atoms with Gasteiger partial charge in [0, 0.05) is 28.8 Å². The third-order valence-electron chi connectivity index (χ3n) is 3.14. The van der Waals surface area contributed by atoms with Crippen molar-refractivity contribution in [1.82, 2.24) is 9.55 Å². The van der Waals surface area contributed by atoms with E-state index in [9.17, 15) is 9.90 Å². The lowest BCUT2D eigenvalue weighted by Crippen LogP contribution is -2.08. The van der Waals surface area contributed by atoms with Crippen LogP contribution in [0.25, 0.3) is 10.9 Å². The SMILES string of the molecule is O=C(O)c1cc(Br)cn1Cc1cccc2cccnc12. The van der Waals surface area contributed by atoms with Gasteiger partial charge in [-0.05, 0) is 33.6 Å². The number of nitrogens with zero attached hydrogens (tertiary/aromatic N) is 2. The average Bonchev–Trinajstić information content (AvgIpc) is 2.80. The Morgan fingerprint density at radius 3 is 2.90 bits per heavy atom. The molecule has 0 saturated heterocycles. The number of hydrogen-bond acceptors (Lipinski definition) is 2. The molecule has 0 unspecified atom stereocenters. The van der Waals surface area contributed by atoms with Crippen LogP contribution in [-0.2, 0) is 6.54 Å². The van der Waals surface area contributed by atoms with Gasteiger partial charge in [-0.2, -0.15) is 0 Å². The van der Waals surface area contributed by atoms with Crippen LogP contribution in [0.3, 0.4) is 0 Å². The summed E-state index contributed by atoms with van der Waals surface area (Å²) in [4.78, 5) is 15.6. The van der Waals surface area contributed by atoms with Crippen molar-refractivity contribution in [2.24, 2.45) is 0 Å². The van der Waals surface area contributed by atoms with Crippen LogP contribution in [0.5, 0.6) is 0 Å². The third kappa shape index (κ3) is 2.32. The highest BCUT2D eigenvalue weighted by Crippen LogP contribution is 2.20. The number of benzene rings is 1. The lowest BCUT2D eigenvalue weighted by atomic mass is 10.1. The molecule has 3 rings (SSSR count). The number of carbonyl (C=O) groups is 1. The number of fused-ring (bicyclic) bond motifs is 1. The Morgan fingerprint density at radius 2 is 2.10 bits per heavy atom. The van der Waals surface area contributed by atoms with Crippen molar-refractivity contribution >= 4 is 32.8 Å². The van der Waals surface area contributed by atoms with Crippen LogP contribution >= 0.6 is 15.9 Å². The largest absolute Gasteiger partial charge is 0.477 e. The molecule has 4 nitrogen and oxygen atoms in total. The molecule has 0 bridgehead atoms. The molecule has 0 fully saturated rings. The van der Waals surface area contributed by atoms with E-state index in [0.717, 1.165) is 20.9 Å². The van der Waals surface area contributed by atoms with Crippen molar-refractivity contribution in [3.8, 4) is 0 Å². The van der Waals surface area contributed by atoms with Crippen LogP contribution in [0, 0.1) is 0 Å². The number of hydrogen-bond donors (Lipinski definition) is 1. The fraction of sp³-hybridized carbons (Fsp3) is 0.0667. The van der Waals surface area contributed by atoms with Gasteiger partial charge in [-0.3, -0.25) is 4.98 Å². The van der Waals surface area contributed by atoms with Gasteiger partial charge in [0.05, 0.1) is 5.52 Å². The second-order valence-electron chi connectivity index (χ2n) is 4.47. The second-order valence-corrected chi connectivity index (χ2v) is 5.38. The number of para-hydroxylation sites is 1. The van der Waals surface area contributed by atoms with E-state index >= 15 is 0 Å². The molecule has 2 heterocycles. The summed E-state index contributed by atoms with van der Waals surface area (Å²) in [6.07, 6.45) is 3.51. The van der Waals surface area contributed by atoms with Crippen molar-refractivity contribution in [3.63, 3.8) is 0 Å². The molecule has 0 aliphatic heterocycles. The van der Waals surface area contributed by atoms with Gasteiger partial charge in [0.1, 0.15) is 5.69 Å². The fourth-order valence-electron chi connectivity index (χ4n) is 2.26. The lowest BCUT2D eigenvalue weighted by molar-refractivity contribution is 0.0685. The van der Waals surface area contributed by atoms with E-state index in [4.69, 9.17) is 0 Å². The number of carboxylic acids is 1. The predicted octanol–water partition coefficient (Wildman–Crippen LogP) is 3.55. The van der Waals surface area contributed by atoms with Crippen molar-refractivity contribution in [2.75, 3.05) is 0 Å². The highest BCUT2D eigenvalue weighted by atomic mass is 79.9. The molecular weight excluding hydrogens is 320 g/mol. The average molecular weight is 331 g/mol. The second kappa shape index (κ2) is 5.09. The van der Waals surface area contributed by atoms with Crippen LogP contribution in [0.15, 0.2) is 53.3 Å². The van der Waals surface area contributed by atoms with Gasteiger partial charge in [-0.1, -0.05) is 24.3 Å². The monoisotopic (exact) mass is 330 g/mol. The maximum atomic E-state index is 11.2. The van der Waals surface area contributed by atoms with E-state index in [1.54, 1.807) is 23.0 Å². The Hall–Kier alpha value is -2.14. The molecule has 0 radical (unpaired) electrons. The number of rotatable bonds is 3. The Bertz CT molecular complexity index is 790. The molecule has 3 aromatic rings. The topological polar surface area (TPSA) is 55.1 Å². The summed E-state index contributed by atoms with van der Waals surface area (Å²) < 4.78 is 2.46. The van der Waals surface area contributed by atoms with Gasteiger partial charge in [0.2, 0.25) is 0 Å². The van der Waals surface area contributed by atoms with Gasteiger partial charge in [0.15, 0.2) is 0 Å². The normalized spacial score (nSPS) is 10.8. The van der Waals surface area contributed by atoms with E-state index in [1.165, 1.54) is 0 Å². The molecule has 2 aromatic heterocycles. The molecule has 0 saturated carbocycles. The Balaban J connectivity index is 2.08. The number of aromatic nitrogens is 2. The van der Waals surface area contributed by atoms with Crippen LogP contribution in [0.1, 0.15) is 16.1 Å². The number of pyridine rings is 1. The molecule has 0 spiro atoms. The van der Waals surface area contributed by atoms with E-state index < -0.39 is 5.97 Å². The molecule has 5 heteroatoms. The van der Waals surface area contributed by atoms with Crippen LogP contribution in [0.4, 0.5) is 0 Å². The lowest BCUT2D eigenvalue weighted by Gasteiger charge is -2.08. The molecule has 1 N–H and O–H groups in total. The first-order valence-electron chi connectivity index (χ1n) is 6.07. The molecular formula is C15H11BrN2O2. The highest BCUT2D eigenvalue weighted by molar-refractivity contribution is 9.10. The molecule has 0 aliphatic rings. The van der Waals surface area contributed by atoms with Gasteiger partial charge in [0.25, 0.3) is 0 Å². The number of carboxylic acid groups (broad SMARTS) is 1. The maximum Gasteiger partial charge on any atom is 0.352 e. The summed E-state index contributed by atoms with van der Waals surface area (Å²) in [5, 5.41) is 10.3. The summed E-state index contributed by atoms with van der Waals surface area (Å²) in [6.45, 7) is 0.474. The minimum Gasteiger partial charge on any atom is -0.477 e. The summed E-state index contributed by atoms with van der Waals surface area (Å²) >= 11 is 3.31. The van der Waals surface area contributed by atoms with Crippen molar-refractivity contribution in [2.45, 2.75) is 6.54 Å². The predicted molar refractivity (Wildman–Crippen MR) is 79.9 cm³/mol. The van der Waals surface area contributed by atoms with Crippen LogP contribution in [-0.4, -0.2) is 20.6 Å². The number of halogens is 1. The molecule has 1 aromatic carbocycles. The smallest absolute Gasteiger partial charge is 0.352 e. The van der Waals surface area contributed by atoms with E-state index in [1.807, 2.05) is 30.3 Å². The molecule has 0 amide bonds. The zero-order chi connectivity index (χ0) is 14.1. The van der Waals surface area contributed by atoms with Gasteiger partial charge < -0.3 is 9.67 Å². The van der Waals surface area contributed by atoms with Crippen LogP contribution < -0.4 is 0 Å². The minimum atomic E-state index is -0.941. The Kier molecular flexibility index (Phi) is 3.28. The first-order valence-corrected chi connectivity index (χ1v) is 6.86. The van der Waals surface area contributed by atoms with Crippen molar-refractivity contribution in [1.29, 1.82) is 0 Å². The van der Waals surface area contributed by atoms with Crippen molar-refractivity contribution in [3.05, 3.63) is 64.5 Å². The Labute approximate surface area is 123 Å². The highest BCUT2D eigenvalue weighted by Gasteiger charge is 2.12. The maximum absolute atomic E-state index is 11.2. The zero-order valence-electron chi connectivity index (χ0n) is 10.5. The quantitative estimate of drug-likeness (QED) is 0.799. The third-order valence-corrected chi connectivity index (χ3v) is 3.57. The molecule has 100 valence electrons. The van der Waals surface area contributed by atoms with Gasteiger partial charge >= 0.3 is 5.97 Å². The van der Waals surface area contributed by atoms with E-state index in [2.05, 4.69) is 20.9 Å². The first kappa shape index (κ1) is 12.9. The molecule has 20 heavy (non-hydrogen) atoms. The molecule has 0 atom stereocenters. The summed E-state index contributed by atoms with van der Waals surface area (Å²) in [5.41, 5.74) is 2.15. The van der Waals surface area contributed by atoms with E-state index in [-0.39, 0.29) is 5.69 Å². The number of aromatic carboxylic acids is 1. The summed E-state index contributed by atoms with van der Waals surface area (Å²) in [6, 6.07) is 11.4. The zero-order valence-corrected chi connectivity index (χ0v) is 12.0. The fourth-order valence-corrected chi connectivity index (χ4v) is 2.73. The van der Waals surface area contributed by atoms with Crippen LogP contribution in [0.2, 0.25) is 0 Å². The molecule has 0 aliphatic carbocycles.